The number of nitrogens with zero attached hydrogens (tertiary/aromatic N) is 1. The normalized spacial score (nSPS) is 26.5. The molecule has 1 fully saturated rings. The SMILES string of the molecule is CSCC(C)(O)CN1CCCC(Br)C1=O. The van der Waals surface area contributed by atoms with Crippen LogP contribution in [0.3, 0.4) is 0 Å². The molecular formula is C10H18BrNO2S. The zero-order chi connectivity index (χ0) is 11.5. The smallest absolute Gasteiger partial charge is 0.236 e. The number of halogens is 1. The number of likely N-dealkylation sites (tertiary alicyclic amines) is 1. The summed E-state index contributed by atoms with van der Waals surface area (Å²) >= 11 is 4.96. The van der Waals surface area contributed by atoms with Crippen LogP contribution in [0.5, 0.6) is 0 Å². The third kappa shape index (κ3) is 3.96. The molecular weight excluding hydrogens is 278 g/mol. The summed E-state index contributed by atoms with van der Waals surface area (Å²) in [5, 5.41) is 10.0. The second kappa shape index (κ2) is 5.55. The van der Waals surface area contributed by atoms with E-state index in [0.717, 1.165) is 19.4 Å². The third-order valence-corrected chi connectivity index (χ3v) is 4.21. The van der Waals surface area contributed by atoms with Crippen LogP contribution in [0.4, 0.5) is 0 Å². The van der Waals surface area contributed by atoms with Crippen molar-refractivity contribution in [3.63, 3.8) is 0 Å². The number of hydrogen-bond acceptors (Lipinski definition) is 3. The van der Waals surface area contributed by atoms with Gasteiger partial charge in [0.1, 0.15) is 0 Å². The zero-order valence-corrected chi connectivity index (χ0v) is 11.6. The summed E-state index contributed by atoms with van der Waals surface area (Å²) < 4.78 is 0. The standard InChI is InChI=1S/C10H18BrNO2S/c1-10(14,7-15-2)6-12-5-3-4-8(11)9(12)13/h8,14H,3-7H2,1-2H3. The quantitative estimate of drug-likeness (QED) is 0.799. The van der Waals surface area contributed by atoms with E-state index in [1.165, 1.54) is 0 Å². The topological polar surface area (TPSA) is 40.5 Å². The molecule has 1 aliphatic heterocycles. The number of amides is 1. The molecule has 88 valence electrons. The predicted octanol–water partition coefficient (Wildman–Crippen LogP) is 1.49. The lowest BCUT2D eigenvalue weighted by atomic mass is 10.1. The summed E-state index contributed by atoms with van der Waals surface area (Å²) in [7, 11) is 0. The largest absolute Gasteiger partial charge is 0.387 e. The first-order chi connectivity index (χ1) is 6.96. The van der Waals surface area contributed by atoms with Gasteiger partial charge in [-0.15, -0.1) is 0 Å². The molecule has 0 aromatic rings. The summed E-state index contributed by atoms with van der Waals surface area (Å²) in [6.45, 7) is 2.99. The molecule has 2 atom stereocenters. The van der Waals surface area contributed by atoms with E-state index in [1.54, 1.807) is 23.6 Å². The molecule has 0 radical (unpaired) electrons. The minimum atomic E-state index is -0.779. The van der Waals surface area contributed by atoms with Gasteiger partial charge in [-0.3, -0.25) is 4.79 Å². The maximum Gasteiger partial charge on any atom is 0.236 e. The number of thioether (sulfide) groups is 1. The molecule has 0 spiro atoms. The molecule has 1 heterocycles. The van der Waals surface area contributed by atoms with Crippen molar-refractivity contribution in [1.82, 2.24) is 4.90 Å². The molecule has 5 heteroatoms. The van der Waals surface area contributed by atoms with Crippen LogP contribution in [0, 0.1) is 0 Å². The molecule has 1 aliphatic rings. The molecule has 1 rings (SSSR count). The Morgan fingerprint density at radius 1 is 1.73 bits per heavy atom. The Bertz CT molecular complexity index is 235. The van der Waals surface area contributed by atoms with Crippen molar-refractivity contribution >= 4 is 33.6 Å². The molecule has 1 N–H and O–H groups in total. The Hall–Kier alpha value is 0.260. The zero-order valence-electron chi connectivity index (χ0n) is 9.20. The van der Waals surface area contributed by atoms with Gasteiger partial charge in [0.25, 0.3) is 0 Å². The molecule has 2 unspecified atom stereocenters. The van der Waals surface area contributed by atoms with Crippen molar-refractivity contribution in [2.45, 2.75) is 30.2 Å². The highest BCUT2D eigenvalue weighted by Gasteiger charge is 2.31. The summed E-state index contributed by atoms with van der Waals surface area (Å²) in [6.07, 6.45) is 3.87. The van der Waals surface area contributed by atoms with E-state index in [4.69, 9.17) is 0 Å². The number of β-amino-alcohol motifs (C(OH)–C–C–N with tert-alkyl or cyclic N) is 1. The number of rotatable bonds is 4. The molecule has 1 amide bonds. The van der Waals surface area contributed by atoms with Gasteiger partial charge in [-0.2, -0.15) is 11.8 Å². The van der Waals surface area contributed by atoms with Crippen LogP contribution in [-0.2, 0) is 4.79 Å². The fraction of sp³-hybridized carbons (Fsp3) is 0.900. The summed E-state index contributed by atoms with van der Waals surface area (Å²) in [5.41, 5.74) is -0.779. The Labute approximate surface area is 104 Å². The number of carbonyl (C=O) groups is 1. The van der Waals surface area contributed by atoms with Crippen LogP contribution in [-0.4, -0.2) is 51.4 Å². The predicted molar refractivity (Wildman–Crippen MR) is 67.5 cm³/mol. The molecule has 1 saturated heterocycles. The van der Waals surface area contributed by atoms with Crippen molar-refractivity contribution in [3.05, 3.63) is 0 Å². The van der Waals surface area contributed by atoms with E-state index in [9.17, 15) is 9.90 Å². The first-order valence-electron chi connectivity index (χ1n) is 5.10. The van der Waals surface area contributed by atoms with Gasteiger partial charge in [-0.05, 0) is 26.0 Å². The fourth-order valence-electron chi connectivity index (χ4n) is 1.82. The lowest BCUT2D eigenvalue weighted by Crippen LogP contribution is -2.50. The van der Waals surface area contributed by atoms with Gasteiger partial charge in [0.05, 0.1) is 10.4 Å². The van der Waals surface area contributed by atoms with Crippen LogP contribution in [0.25, 0.3) is 0 Å². The van der Waals surface area contributed by atoms with Crippen LogP contribution in [0.2, 0.25) is 0 Å². The summed E-state index contributed by atoms with van der Waals surface area (Å²) in [5.74, 6) is 0.770. The number of alkyl halides is 1. The second-order valence-electron chi connectivity index (χ2n) is 4.30. The van der Waals surface area contributed by atoms with Crippen LogP contribution < -0.4 is 0 Å². The van der Waals surface area contributed by atoms with Gasteiger partial charge < -0.3 is 10.0 Å². The van der Waals surface area contributed by atoms with Gasteiger partial charge in [-0.1, -0.05) is 15.9 Å². The van der Waals surface area contributed by atoms with Gasteiger partial charge in [0.15, 0.2) is 0 Å². The Kier molecular flexibility index (Phi) is 4.93. The Balaban J connectivity index is 2.53. The van der Waals surface area contributed by atoms with Crippen molar-refractivity contribution in [3.8, 4) is 0 Å². The van der Waals surface area contributed by atoms with E-state index in [2.05, 4.69) is 15.9 Å². The summed E-state index contributed by atoms with van der Waals surface area (Å²) in [4.78, 5) is 13.5. The highest BCUT2D eigenvalue weighted by Crippen LogP contribution is 2.21. The Morgan fingerprint density at radius 3 is 3.00 bits per heavy atom. The van der Waals surface area contributed by atoms with E-state index in [1.807, 2.05) is 6.26 Å². The minimum Gasteiger partial charge on any atom is -0.387 e. The molecule has 15 heavy (non-hydrogen) atoms. The van der Waals surface area contributed by atoms with Gasteiger partial charge in [0, 0.05) is 18.8 Å². The molecule has 3 nitrogen and oxygen atoms in total. The van der Waals surface area contributed by atoms with Gasteiger partial charge >= 0.3 is 0 Å². The average molecular weight is 296 g/mol. The number of aliphatic hydroxyl groups is 1. The van der Waals surface area contributed by atoms with Gasteiger partial charge in [-0.25, -0.2) is 0 Å². The van der Waals surface area contributed by atoms with E-state index in [0.29, 0.717) is 12.3 Å². The van der Waals surface area contributed by atoms with Crippen LogP contribution in [0.1, 0.15) is 19.8 Å². The highest BCUT2D eigenvalue weighted by molar-refractivity contribution is 9.10. The lowest BCUT2D eigenvalue weighted by Gasteiger charge is -2.35. The molecule has 0 aliphatic carbocycles. The Morgan fingerprint density at radius 2 is 2.40 bits per heavy atom. The molecule has 0 saturated carbocycles. The number of piperidine rings is 1. The second-order valence-corrected chi connectivity index (χ2v) is 6.27. The van der Waals surface area contributed by atoms with Crippen molar-refractivity contribution < 1.29 is 9.90 Å². The van der Waals surface area contributed by atoms with E-state index in [-0.39, 0.29) is 10.7 Å². The first kappa shape index (κ1) is 13.3. The van der Waals surface area contributed by atoms with E-state index >= 15 is 0 Å². The van der Waals surface area contributed by atoms with Crippen molar-refractivity contribution in [1.29, 1.82) is 0 Å². The third-order valence-electron chi connectivity index (χ3n) is 2.45. The number of carbonyl (C=O) groups excluding carboxylic acids is 1. The van der Waals surface area contributed by atoms with Crippen molar-refractivity contribution in [2.24, 2.45) is 0 Å². The maximum absolute atomic E-state index is 11.8. The lowest BCUT2D eigenvalue weighted by molar-refractivity contribution is -0.135. The van der Waals surface area contributed by atoms with E-state index < -0.39 is 5.60 Å². The monoisotopic (exact) mass is 295 g/mol. The maximum atomic E-state index is 11.8. The first-order valence-corrected chi connectivity index (χ1v) is 7.41. The highest BCUT2D eigenvalue weighted by atomic mass is 79.9. The molecule has 0 aromatic heterocycles. The molecule has 0 aromatic carbocycles. The van der Waals surface area contributed by atoms with Crippen LogP contribution >= 0.6 is 27.7 Å². The van der Waals surface area contributed by atoms with Crippen molar-refractivity contribution in [2.75, 3.05) is 25.1 Å². The molecule has 0 bridgehead atoms. The van der Waals surface area contributed by atoms with Crippen LogP contribution in [0.15, 0.2) is 0 Å². The summed E-state index contributed by atoms with van der Waals surface area (Å²) in [6, 6.07) is 0. The van der Waals surface area contributed by atoms with Gasteiger partial charge in [0.2, 0.25) is 5.91 Å². The minimum absolute atomic E-state index is 0.0590. The number of hydrogen-bond donors (Lipinski definition) is 1. The average Bonchev–Trinajstić information content (AvgIpc) is 2.12. The fourth-order valence-corrected chi connectivity index (χ4v) is 3.14.